The van der Waals surface area contributed by atoms with Crippen LogP contribution >= 0.6 is 0 Å². The summed E-state index contributed by atoms with van der Waals surface area (Å²) >= 11 is 0. The zero-order chi connectivity index (χ0) is 22.6. The minimum Gasteiger partial charge on any atom is -0.363 e. The van der Waals surface area contributed by atoms with Gasteiger partial charge in [-0.05, 0) is 30.2 Å². The Balaban J connectivity index is 1.62. The third-order valence-electron chi connectivity index (χ3n) is 5.25. The maximum absolute atomic E-state index is 12.9. The van der Waals surface area contributed by atoms with Crippen LogP contribution in [0.3, 0.4) is 0 Å². The minimum atomic E-state index is -4.65. The first-order valence-corrected chi connectivity index (χ1v) is 9.89. The highest BCUT2D eigenvalue weighted by Gasteiger charge is 2.34. The van der Waals surface area contributed by atoms with Crippen LogP contribution in [0.4, 0.5) is 30.2 Å². The fourth-order valence-corrected chi connectivity index (χ4v) is 3.60. The lowest BCUT2D eigenvalue weighted by Crippen LogP contribution is -2.48. The Kier molecular flexibility index (Phi) is 6.79. The summed E-state index contributed by atoms with van der Waals surface area (Å²) in [4.78, 5) is 26.5. The molecule has 0 spiro atoms. The van der Waals surface area contributed by atoms with Crippen molar-refractivity contribution in [3.8, 4) is 0 Å². The molecule has 1 aliphatic rings. The topological polar surface area (TPSA) is 78.7 Å². The first-order valence-electron chi connectivity index (χ1n) is 9.89. The standard InChI is InChI=1S/C21H23F3N4O3/c1-2-15-5-3-4-6-17(15)25-20(29)14-26-9-11-27(12-10-26)18-8-7-16(21(22,23)24)13-19(18)28(30)31/h3-8,13H,2,9-12,14H2,1H3,(H,25,29). The van der Waals surface area contributed by atoms with Crippen LogP contribution < -0.4 is 10.2 Å². The minimum absolute atomic E-state index is 0.152. The average molecular weight is 436 g/mol. The Bertz CT molecular complexity index is 957. The van der Waals surface area contributed by atoms with Gasteiger partial charge in [0, 0.05) is 37.9 Å². The predicted molar refractivity (Wildman–Crippen MR) is 111 cm³/mol. The molecule has 1 N–H and O–H groups in total. The largest absolute Gasteiger partial charge is 0.416 e. The summed E-state index contributed by atoms with van der Waals surface area (Å²) in [6.45, 7) is 3.82. The van der Waals surface area contributed by atoms with Gasteiger partial charge in [-0.15, -0.1) is 0 Å². The highest BCUT2D eigenvalue weighted by atomic mass is 19.4. The van der Waals surface area contributed by atoms with Gasteiger partial charge in [0.25, 0.3) is 5.69 Å². The number of para-hydroxylation sites is 1. The van der Waals surface area contributed by atoms with Crippen molar-refractivity contribution >= 4 is 23.0 Å². The number of nitrogens with zero attached hydrogens (tertiary/aromatic N) is 3. The molecule has 1 heterocycles. The molecule has 1 fully saturated rings. The maximum atomic E-state index is 12.9. The molecule has 1 amide bonds. The molecule has 2 aromatic carbocycles. The molecule has 0 aromatic heterocycles. The Labute approximate surface area is 177 Å². The van der Waals surface area contributed by atoms with E-state index in [0.29, 0.717) is 32.2 Å². The third kappa shape index (κ3) is 5.52. The predicted octanol–water partition coefficient (Wildman–Crippen LogP) is 3.94. The van der Waals surface area contributed by atoms with Gasteiger partial charge in [-0.25, -0.2) is 0 Å². The van der Waals surface area contributed by atoms with E-state index in [2.05, 4.69) is 5.32 Å². The molecule has 0 aliphatic carbocycles. The van der Waals surface area contributed by atoms with Crippen molar-refractivity contribution < 1.29 is 22.9 Å². The van der Waals surface area contributed by atoms with Gasteiger partial charge in [-0.3, -0.25) is 19.8 Å². The molecule has 0 saturated carbocycles. The van der Waals surface area contributed by atoms with Crippen molar-refractivity contribution in [1.82, 2.24) is 4.90 Å². The van der Waals surface area contributed by atoms with Crippen LogP contribution in [0.5, 0.6) is 0 Å². The van der Waals surface area contributed by atoms with E-state index in [4.69, 9.17) is 0 Å². The lowest BCUT2D eigenvalue weighted by Gasteiger charge is -2.35. The van der Waals surface area contributed by atoms with E-state index in [1.165, 1.54) is 0 Å². The summed E-state index contributed by atoms with van der Waals surface area (Å²) < 4.78 is 38.7. The zero-order valence-corrected chi connectivity index (χ0v) is 17.0. The summed E-state index contributed by atoms with van der Waals surface area (Å²) in [7, 11) is 0. The summed E-state index contributed by atoms with van der Waals surface area (Å²) in [6.07, 6.45) is -3.85. The van der Waals surface area contributed by atoms with E-state index < -0.39 is 22.4 Å². The van der Waals surface area contributed by atoms with Crippen molar-refractivity contribution in [3.05, 3.63) is 63.7 Å². The first kappa shape index (κ1) is 22.5. The van der Waals surface area contributed by atoms with Gasteiger partial charge in [0.15, 0.2) is 0 Å². The van der Waals surface area contributed by atoms with Crippen LogP contribution in [-0.4, -0.2) is 48.5 Å². The molecule has 0 radical (unpaired) electrons. The van der Waals surface area contributed by atoms with Crippen molar-refractivity contribution in [1.29, 1.82) is 0 Å². The molecule has 1 aliphatic heterocycles. The fourth-order valence-electron chi connectivity index (χ4n) is 3.60. The molecular weight excluding hydrogens is 413 g/mol. The molecule has 3 rings (SSSR count). The van der Waals surface area contributed by atoms with Crippen LogP contribution in [0.1, 0.15) is 18.1 Å². The monoisotopic (exact) mass is 436 g/mol. The summed E-state index contributed by atoms with van der Waals surface area (Å²) in [5.41, 5.74) is 0.339. The van der Waals surface area contributed by atoms with Crippen LogP contribution in [0.25, 0.3) is 0 Å². The first-order chi connectivity index (χ1) is 14.7. The second-order valence-corrected chi connectivity index (χ2v) is 7.28. The van der Waals surface area contributed by atoms with E-state index in [1.807, 2.05) is 36.1 Å². The van der Waals surface area contributed by atoms with Gasteiger partial charge < -0.3 is 10.2 Å². The number of halogens is 3. The van der Waals surface area contributed by atoms with Gasteiger partial charge in [0.05, 0.1) is 17.0 Å². The molecule has 0 unspecified atom stereocenters. The summed E-state index contributed by atoms with van der Waals surface area (Å²) in [5.74, 6) is -0.158. The van der Waals surface area contributed by atoms with Crippen LogP contribution in [-0.2, 0) is 17.4 Å². The highest BCUT2D eigenvalue weighted by Crippen LogP contribution is 2.36. The number of hydrogen-bond donors (Lipinski definition) is 1. The Hall–Kier alpha value is -3.14. The van der Waals surface area contributed by atoms with E-state index >= 15 is 0 Å². The van der Waals surface area contributed by atoms with Gasteiger partial charge in [0.2, 0.25) is 5.91 Å². The van der Waals surface area contributed by atoms with Crippen LogP contribution in [0, 0.1) is 10.1 Å². The number of alkyl halides is 3. The molecule has 10 heteroatoms. The molecule has 31 heavy (non-hydrogen) atoms. The number of amides is 1. The number of piperazine rings is 1. The number of nitro benzene ring substituents is 1. The number of benzene rings is 2. The van der Waals surface area contributed by atoms with Gasteiger partial charge >= 0.3 is 6.18 Å². The number of carbonyl (C=O) groups is 1. The van der Waals surface area contributed by atoms with E-state index in [-0.39, 0.29) is 18.1 Å². The number of carbonyl (C=O) groups excluding carboxylic acids is 1. The lowest BCUT2D eigenvalue weighted by molar-refractivity contribution is -0.384. The molecule has 166 valence electrons. The second kappa shape index (κ2) is 9.34. The number of aryl methyl sites for hydroxylation is 1. The number of hydrogen-bond acceptors (Lipinski definition) is 5. The van der Waals surface area contributed by atoms with E-state index in [9.17, 15) is 28.1 Å². The molecule has 1 saturated heterocycles. The van der Waals surface area contributed by atoms with Crippen LogP contribution in [0.2, 0.25) is 0 Å². The summed E-state index contributed by atoms with van der Waals surface area (Å²) in [6, 6.07) is 10.1. The van der Waals surface area contributed by atoms with E-state index in [0.717, 1.165) is 29.8 Å². The fraction of sp³-hybridized carbons (Fsp3) is 0.381. The van der Waals surface area contributed by atoms with Crippen molar-refractivity contribution in [2.45, 2.75) is 19.5 Å². The average Bonchev–Trinajstić information content (AvgIpc) is 2.73. The number of rotatable bonds is 6. The Morgan fingerprint density at radius 3 is 2.42 bits per heavy atom. The quantitative estimate of drug-likeness (QED) is 0.548. The van der Waals surface area contributed by atoms with E-state index in [1.54, 1.807) is 4.90 Å². The molecule has 2 aromatic rings. The lowest BCUT2D eigenvalue weighted by atomic mass is 10.1. The smallest absolute Gasteiger partial charge is 0.363 e. The van der Waals surface area contributed by atoms with Crippen molar-refractivity contribution in [2.75, 3.05) is 42.9 Å². The number of anilines is 2. The highest BCUT2D eigenvalue weighted by molar-refractivity contribution is 5.93. The van der Waals surface area contributed by atoms with Gasteiger partial charge in [0.1, 0.15) is 5.69 Å². The van der Waals surface area contributed by atoms with Crippen molar-refractivity contribution in [2.24, 2.45) is 0 Å². The normalized spacial score (nSPS) is 15.0. The molecular formula is C21H23F3N4O3. The third-order valence-corrected chi connectivity index (χ3v) is 5.25. The number of nitro groups is 1. The summed E-state index contributed by atoms with van der Waals surface area (Å²) in [5, 5.41) is 14.2. The molecule has 0 bridgehead atoms. The zero-order valence-electron chi connectivity index (χ0n) is 17.0. The van der Waals surface area contributed by atoms with Gasteiger partial charge in [-0.1, -0.05) is 25.1 Å². The van der Waals surface area contributed by atoms with Crippen LogP contribution in [0.15, 0.2) is 42.5 Å². The SMILES string of the molecule is CCc1ccccc1NC(=O)CN1CCN(c2ccc(C(F)(F)F)cc2[N+](=O)[O-])CC1. The number of nitrogens with one attached hydrogen (secondary N) is 1. The Morgan fingerprint density at radius 1 is 1.13 bits per heavy atom. The maximum Gasteiger partial charge on any atom is 0.416 e. The van der Waals surface area contributed by atoms with Gasteiger partial charge in [-0.2, -0.15) is 13.2 Å². The Morgan fingerprint density at radius 2 is 1.81 bits per heavy atom. The molecule has 0 atom stereocenters. The van der Waals surface area contributed by atoms with Crippen molar-refractivity contribution in [3.63, 3.8) is 0 Å². The molecule has 7 nitrogen and oxygen atoms in total. The second-order valence-electron chi connectivity index (χ2n) is 7.28.